The maximum atomic E-state index is 12.0. The Hall–Kier alpha value is -2.57. The Morgan fingerprint density at radius 3 is 2.39 bits per heavy atom. The lowest BCUT2D eigenvalue weighted by Gasteiger charge is -2.14. The summed E-state index contributed by atoms with van der Waals surface area (Å²) in [6.45, 7) is 6.34. The van der Waals surface area contributed by atoms with Gasteiger partial charge in [0.1, 0.15) is 18.5 Å². The topological polar surface area (TPSA) is 68.4 Å². The van der Waals surface area contributed by atoms with E-state index in [4.69, 9.17) is 4.74 Å². The van der Waals surface area contributed by atoms with Gasteiger partial charge in [-0.2, -0.15) is 0 Å². The van der Waals surface area contributed by atoms with E-state index in [0.29, 0.717) is 5.92 Å². The van der Waals surface area contributed by atoms with Gasteiger partial charge in [-0.3, -0.25) is 9.13 Å². The Bertz CT molecular complexity index is 987. The molecule has 0 saturated carbocycles. The lowest BCUT2D eigenvalue weighted by atomic mass is 10.1. The van der Waals surface area contributed by atoms with Gasteiger partial charge in [0.25, 0.3) is 0 Å². The summed E-state index contributed by atoms with van der Waals surface area (Å²) in [5, 5.41) is 13.9. The summed E-state index contributed by atoms with van der Waals surface area (Å²) < 4.78 is 8.93. The van der Waals surface area contributed by atoms with E-state index in [1.54, 1.807) is 23.2 Å². The third-order valence-corrected chi connectivity index (χ3v) is 4.89. The van der Waals surface area contributed by atoms with Crippen molar-refractivity contribution in [3.8, 4) is 5.75 Å². The zero-order valence-corrected chi connectivity index (χ0v) is 17.0. The number of fused-ring (bicyclic) bond motifs is 1. The lowest BCUT2D eigenvalue weighted by molar-refractivity contribution is 0.108. The number of benzene rings is 2. The number of nitrogens with one attached hydrogen (secondary N) is 1. The number of ether oxygens (including phenoxy) is 1. The third-order valence-electron chi connectivity index (χ3n) is 4.89. The van der Waals surface area contributed by atoms with Crippen LogP contribution in [0.4, 0.5) is 0 Å². The lowest BCUT2D eigenvalue weighted by Crippen LogP contribution is -2.19. The summed E-state index contributed by atoms with van der Waals surface area (Å²) in [6.07, 6.45) is -0.771. The standard InChI is InChI=1S/C22H29N3O3/c1-15(2)12-23-13-16-5-8-18(9-6-16)28-14-21(26)17-7-10-19-20(11-17)25(4)22(27)24(19)3/h5-11,15,21,23,26H,12-14H2,1-4H3. The average molecular weight is 383 g/mol. The normalized spacial score (nSPS) is 12.6. The highest BCUT2D eigenvalue weighted by Gasteiger charge is 2.13. The fraction of sp³-hybridized carbons (Fsp3) is 0.409. The van der Waals surface area contributed by atoms with Gasteiger partial charge in [-0.05, 0) is 47.9 Å². The van der Waals surface area contributed by atoms with E-state index in [1.807, 2.05) is 42.5 Å². The van der Waals surface area contributed by atoms with E-state index in [1.165, 1.54) is 5.56 Å². The molecule has 0 amide bonds. The molecule has 3 aromatic rings. The molecule has 1 atom stereocenters. The number of aromatic nitrogens is 2. The molecule has 0 saturated heterocycles. The van der Waals surface area contributed by atoms with Crippen molar-refractivity contribution in [1.29, 1.82) is 0 Å². The van der Waals surface area contributed by atoms with Crippen LogP contribution in [0, 0.1) is 5.92 Å². The van der Waals surface area contributed by atoms with Gasteiger partial charge in [0.15, 0.2) is 0 Å². The summed E-state index contributed by atoms with van der Waals surface area (Å²) in [5.41, 5.74) is 3.47. The first-order valence-corrected chi connectivity index (χ1v) is 9.62. The van der Waals surface area contributed by atoms with E-state index in [2.05, 4.69) is 19.2 Å². The second-order valence-corrected chi connectivity index (χ2v) is 7.64. The van der Waals surface area contributed by atoms with Crippen LogP contribution in [0.15, 0.2) is 47.3 Å². The maximum Gasteiger partial charge on any atom is 0.328 e. The predicted molar refractivity (Wildman–Crippen MR) is 112 cm³/mol. The zero-order valence-electron chi connectivity index (χ0n) is 17.0. The van der Waals surface area contributed by atoms with Crippen LogP contribution in [0.5, 0.6) is 5.75 Å². The van der Waals surface area contributed by atoms with Gasteiger partial charge in [-0.1, -0.05) is 32.0 Å². The van der Waals surface area contributed by atoms with Gasteiger partial charge in [0.2, 0.25) is 0 Å². The Morgan fingerprint density at radius 2 is 1.71 bits per heavy atom. The van der Waals surface area contributed by atoms with E-state index in [0.717, 1.165) is 35.4 Å². The predicted octanol–water partition coefficient (Wildman–Crippen LogP) is 2.74. The highest BCUT2D eigenvalue weighted by atomic mass is 16.5. The van der Waals surface area contributed by atoms with Crippen LogP contribution in [-0.4, -0.2) is 27.4 Å². The number of imidazole rings is 1. The third kappa shape index (κ3) is 4.46. The summed E-state index contributed by atoms with van der Waals surface area (Å²) in [5.74, 6) is 1.35. The summed E-state index contributed by atoms with van der Waals surface area (Å²) in [6, 6.07) is 13.4. The molecule has 0 spiro atoms. The molecule has 0 fully saturated rings. The Kier molecular flexibility index (Phi) is 6.21. The second-order valence-electron chi connectivity index (χ2n) is 7.64. The fourth-order valence-electron chi connectivity index (χ4n) is 3.21. The van der Waals surface area contributed by atoms with Gasteiger partial charge in [-0.25, -0.2) is 4.79 Å². The number of hydrogen-bond acceptors (Lipinski definition) is 4. The van der Waals surface area contributed by atoms with Gasteiger partial charge in [0.05, 0.1) is 11.0 Å². The van der Waals surface area contributed by atoms with Crippen LogP contribution < -0.4 is 15.7 Å². The zero-order chi connectivity index (χ0) is 20.3. The molecule has 2 aromatic carbocycles. The molecule has 0 aliphatic rings. The van der Waals surface area contributed by atoms with Crippen molar-refractivity contribution in [3.05, 3.63) is 64.1 Å². The molecule has 6 heteroatoms. The highest BCUT2D eigenvalue weighted by molar-refractivity contribution is 5.76. The van der Waals surface area contributed by atoms with Crippen molar-refractivity contribution >= 4 is 11.0 Å². The first-order valence-electron chi connectivity index (χ1n) is 9.62. The summed E-state index contributed by atoms with van der Waals surface area (Å²) in [4.78, 5) is 12.0. The minimum absolute atomic E-state index is 0.0825. The minimum atomic E-state index is -0.771. The van der Waals surface area contributed by atoms with Crippen molar-refractivity contribution in [2.24, 2.45) is 20.0 Å². The molecule has 6 nitrogen and oxygen atoms in total. The SMILES string of the molecule is CC(C)CNCc1ccc(OCC(O)c2ccc3c(c2)n(C)c(=O)n3C)cc1. The van der Waals surface area contributed by atoms with Crippen LogP contribution in [0.1, 0.15) is 31.1 Å². The molecular formula is C22H29N3O3. The van der Waals surface area contributed by atoms with Crippen molar-refractivity contribution in [2.75, 3.05) is 13.2 Å². The van der Waals surface area contributed by atoms with E-state index in [-0.39, 0.29) is 12.3 Å². The minimum Gasteiger partial charge on any atom is -0.491 e. The molecule has 1 unspecified atom stereocenters. The first-order chi connectivity index (χ1) is 13.4. The highest BCUT2D eigenvalue weighted by Crippen LogP contribution is 2.21. The van der Waals surface area contributed by atoms with Crippen LogP contribution in [0.25, 0.3) is 11.0 Å². The summed E-state index contributed by atoms with van der Waals surface area (Å²) in [7, 11) is 3.47. The van der Waals surface area contributed by atoms with Crippen molar-refractivity contribution in [1.82, 2.24) is 14.5 Å². The van der Waals surface area contributed by atoms with E-state index in [9.17, 15) is 9.90 Å². The average Bonchev–Trinajstić information content (AvgIpc) is 2.90. The molecular weight excluding hydrogens is 354 g/mol. The first kappa shape index (κ1) is 20.2. The van der Waals surface area contributed by atoms with E-state index < -0.39 is 6.10 Å². The molecule has 1 heterocycles. The van der Waals surface area contributed by atoms with Gasteiger partial charge in [-0.15, -0.1) is 0 Å². The molecule has 0 radical (unpaired) electrons. The van der Waals surface area contributed by atoms with Crippen LogP contribution >= 0.6 is 0 Å². The molecule has 1 aromatic heterocycles. The number of rotatable bonds is 8. The van der Waals surface area contributed by atoms with Crippen molar-refractivity contribution in [2.45, 2.75) is 26.5 Å². The monoisotopic (exact) mass is 383 g/mol. The van der Waals surface area contributed by atoms with Gasteiger partial charge in [0, 0.05) is 20.6 Å². The van der Waals surface area contributed by atoms with Crippen molar-refractivity contribution in [3.63, 3.8) is 0 Å². The number of aliphatic hydroxyl groups excluding tert-OH is 1. The molecule has 3 rings (SSSR count). The number of aryl methyl sites for hydroxylation is 2. The number of aliphatic hydroxyl groups is 1. The second kappa shape index (κ2) is 8.63. The number of nitrogens with zero attached hydrogens (tertiary/aromatic N) is 2. The molecule has 28 heavy (non-hydrogen) atoms. The Balaban J connectivity index is 1.61. The largest absolute Gasteiger partial charge is 0.491 e. The van der Waals surface area contributed by atoms with Gasteiger partial charge >= 0.3 is 5.69 Å². The van der Waals surface area contributed by atoms with Crippen LogP contribution in [0.2, 0.25) is 0 Å². The quantitative estimate of drug-likeness (QED) is 0.628. The fourth-order valence-corrected chi connectivity index (χ4v) is 3.21. The van der Waals surface area contributed by atoms with E-state index >= 15 is 0 Å². The molecule has 150 valence electrons. The molecule has 0 aliphatic heterocycles. The smallest absolute Gasteiger partial charge is 0.328 e. The number of hydrogen-bond donors (Lipinski definition) is 2. The summed E-state index contributed by atoms with van der Waals surface area (Å²) >= 11 is 0. The maximum absolute atomic E-state index is 12.0. The van der Waals surface area contributed by atoms with Crippen LogP contribution in [-0.2, 0) is 20.6 Å². The molecule has 2 N–H and O–H groups in total. The van der Waals surface area contributed by atoms with Crippen molar-refractivity contribution < 1.29 is 9.84 Å². The Morgan fingerprint density at radius 1 is 1.04 bits per heavy atom. The molecule has 0 aliphatic carbocycles. The Labute approximate surface area is 165 Å². The molecule has 0 bridgehead atoms. The van der Waals surface area contributed by atoms with Crippen LogP contribution in [0.3, 0.4) is 0 Å². The van der Waals surface area contributed by atoms with Gasteiger partial charge < -0.3 is 15.2 Å².